The summed E-state index contributed by atoms with van der Waals surface area (Å²) in [5.41, 5.74) is 3.69. The van der Waals surface area contributed by atoms with Gasteiger partial charge in [0.2, 0.25) is 0 Å². The Balaban J connectivity index is 2.71. The highest BCUT2D eigenvalue weighted by Crippen LogP contribution is 2.27. The van der Waals surface area contributed by atoms with Crippen LogP contribution in [-0.4, -0.2) is 14.4 Å². The first-order valence-corrected chi connectivity index (χ1v) is 6.79. The lowest BCUT2D eigenvalue weighted by molar-refractivity contribution is 0.742. The number of hydrogen-bond acceptors (Lipinski definition) is 2. The molecule has 2 heterocycles. The largest absolute Gasteiger partial charge is 0.288 e. The van der Waals surface area contributed by atoms with Crippen molar-refractivity contribution in [3.63, 3.8) is 0 Å². The number of fused-ring (bicyclic) bond motifs is 1. The summed E-state index contributed by atoms with van der Waals surface area (Å²) in [6.07, 6.45) is 1.93. The van der Waals surface area contributed by atoms with Gasteiger partial charge in [-0.3, -0.25) is 4.40 Å². The van der Waals surface area contributed by atoms with Gasteiger partial charge in [0, 0.05) is 11.6 Å². The molecule has 3 heteroatoms. The summed E-state index contributed by atoms with van der Waals surface area (Å²) < 4.78 is 2.14. The molecule has 0 N–H and O–H groups in total. The standard InChI is InChI=1S/C15H23N3/c1-9(2)12-7-13(10(3)4)18-8-16-14(11(5)6)17-15(12)18/h7-11H,1-6H3. The maximum absolute atomic E-state index is 4.75. The molecular weight excluding hydrogens is 222 g/mol. The molecule has 0 saturated carbocycles. The molecule has 2 aromatic heterocycles. The minimum atomic E-state index is 0.368. The van der Waals surface area contributed by atoms with Crippen LogP contribution in [0.4, 0.5) is 0 Å². The van der Waals surface area contributed by atoms with Gasteiger partial charge in [-0.1, -0.05) is 41.5 Å². The predicted molar refractivity (Wildman–Crippen MR) is 75.3 cm³/mol. The first-order chi connectivity index (χ1) is 8.41. The summed E-state index contributed by atoms with van der Waals surface area (Å²) in [4.78, 5) is 9.22. The monoisotopic (exact) mass is 245 g/mol. The third-order valence-corrected chi connectivity index (χ3v) is 3.32. The summed E-state index contributed by atoms with van der Waals surface area (Å²) in [5.74, 6) is 2.27. The van der Waals surface area contributed by atoms with Crippen molar-refractivity contribution < 1.29 is 0 Å². The second-order valence-corrected chi connectivity index (χ2v) is 5.90. The molecule has 0 bridgehead atoms. The van der Waals surface area contributed by atoms with Gasteiger partial charge in [0.1, 0.15) is 17.8 Å². The quantitative estimate of drug-likeness (QED) is 0.815. The Hall–Kier alpha value is -1.38. The average Bonchev–Trinajstić information content (AvgIpc) is 2.67. The fourth-order valence-corrected chi connectivity index (χ4v) is 2.20. The first-order valence-electron chi connectivity index (χ1n) is 6.79. The summed E-state index contributed by atoms with van der Waals surface area (Å²) in [6, 6.07) is 2.28. The lowest BCUT2D eigenvalue weighted by atomic mass is 10.0. The SMILES string of the molecule is CC(C)c1ncn2c(C(C)C)cc(C(C)C)c2n1. The van der Waals surface area contributed by atoms with Crippen molar-refractivity contribution in [1.29, 1.82) is 0 Å². The third kappa shape index (κ3) is 2.14. The first kappa shape index (κ1) is 13.1. The van der Waals surface area contributed by atoms with Gasteiger partial charge in [0.25, 0.3) is 0 Å². The number of nitrogens with zero attached hydrogens (tertiary/aromatic N) is 3. The third-order valence-electron chi connectivity index (χ3n) is 3.32. The van der Waals surface area contributed by atoms with Crippen LogP contribution in [-0.2, 0) is 0 Å². The zero-order chi connectivity index (χ0) is 13.4. The van der Waals surface area contributed by atoms with Crippen molar-refractivity contribution in [2.45, 2.75) is 59.3 Å². The van der Waals surface area contributed by atoms with Crippen molar-refractivity contribution in [3.8, 4) is 0 Å². The average molecular weight is 245 g/mol. The van der Waals surface area contributed by atoms with Gasteiger partial charge in [-0.15, -0.1) is 0 Å². The maximum atomic E-state index is 4.75. The zero-order valence-electron chi connectivity index (χ0n) is 12.2. The molecule has 0 saturated heterocycles. The highest BCUT2D eigenvalue weighted by atomic mass is 15.1. The van der Waals surface area contributed by atoms with E-state index in [1.165, 1.54) is 11.3 Å². The van der Waals surface area contributed by atoms with Gasteiger partial charge >= 0.3 is 0 Å². The Kier molecular flexibility index (Phi) is 3.42. The van der Waals surface area contributed by atoms with E-state index in [9.17, 15) is 0 Å². The fraction of sp³-hybridized carbons (Fsp3) is 0.600. The van der Waals surface area contributed by atoms with Gasteiger partial charge in [0.05, 0.1) is 0 Å². The molecule has 0 fully saturated rings. The topological polar surface area (TPSA) is 30.2 Å². The Morgan fingerprint density at radius 3 is 2.11 bits per heavy atom. The van der Waals surface area contributed by atoms with Crippen molar-refractivity contribution in [1.82, 2.24) is 14.4 Å². The summed E-state index contributed by atoms with van der Waals surface area (Å²) in [5, 5.41) is 0. The molecule has 0 unspecified atom stereocenters. The van der Waals surface area contributed by atoms with Gasteiger partial charge in [-0.2, -0.15) is 0 Å². The van der Waals surface area contributed by atoms with Crippen LogP contribution in [0.2, 0.25) is 0 Å². The molecule has 0 radical (unpaired) electrons. The van der Waals surface area contributed by atoms with Gasteiger partial charge in [0.15, 0.2) is 0 Å². The molecule has 0 atom stereocenters. The van der Waals surface area contributed by atoms with Gasteiger partial charge in [-0.25, -0.2) is 9.97 Å². The molecule has 0 aliphatic rings. The molecule has 2 rings (SSSR count). The van der Waals surface area contributed by atoms with E-state index in [-0.39, 0.29) is 0 Å². The molecule has 0 spiro atoms. The van der Waals surface area contributed by atoms with Crippen LogP contribution in [0.15, 0.2) is 12.4 Å². The molecule has 0 aromatic carbocycles. The van der Waals surface area contributed by atoms with E-state index in [1.807, 2.05) is 6.33 Å². The Bertz CT molecular complexity index is 550. The van der Waals surface area contributed by atoms with E-state index < -0.39 is 0 Å². The lowest BCUT2D eigenvalue weighted by Crippen LogP contribution is -2.04. The normalized spacial score (nSPS) is 12.3. The number of hydrogen-bond donors (Lipinski definition) is 0. The Morgan fingerprint density at radius 1 is 0.944 bits per heavy atom. The summed E-state index contributed by atoms with van der Waals surface area (Å²) in [7, 11) is 0. The van der Waals surface area contributed by atoms with Crippen molar-refractivity contribution in [2.24, 2.45) is 0 Å². The van der Waals surface area contributed by atoms with E-state index in [0.717, 1.165) is 11.5 Å². The van der Waals surface area contributed by atoms with Crippen LogP contribution in [0.5, 0.6) is 0 Å². The second-order valence-electron chi connectivity index (χ2n) is 5.90. The Labute approximate surface area is 109 Å². The van der Waals surface area contributed by atoms with Gasteiger partial charge < -0.3 is 0 Å². The molecule has 2 aromatic rings. The van der Waals surface area contributed by atoms with E-state index >= 15 is 0 Å². The van der Waals surface area contributed by atoms with Crippen LogP contribution < -0.4 is 0 Å². The molecule has 0 aliphatic carbocycles. The molecule has 0 aliphatic heterocycles. The minimum absolute atomic E-state index is 0.368. The molecule has 98 valence electrons. The predicted octanol–water partition coefficient (Wildman–Crippen LogP) is 4.10. The van der Waals surface area contributed by atoms with Crippen molar-refractivity contribution in [3.05, 3.63) is 29.5 Å². The van der Waals surface area contributed by atoms with Crippen molar-refractivity contribution in [2.75, 3.05) is 0 Å². The van der Waals surface area contributed by atoms with Gasteiger partial charge in [-0.05, 0) is 23.5 Å². The second kappa shape index (κ2) is 4.71. The highest BCUT2D eigenvalue weighted by molar-refractivity contribution is 5.53. The fourth-order valence-electron chi connectivity index (χ4n) is 2.20. The number of rotatable bonds is 3. The Morgan fingerprint density at radius 2 is 1.61 bits per heavy atom. The zero-order valence-corrected chi connectivity index (χ0v) is 12.2. The molecule has 0 amide bonds. The van der Waals surface area contributed by atoms with Crippen LogP contribution in [0.1, 0.15) is 76.4 Å². The van der Waals surface area contributed by atoms with Crippen LogP contribution in [0.3, 0.4) is 0 Å². The molecule has 18 heavy (non-hydrogen) atoms. The smallest absolute Gasteiger partial charge is 0.143 e. The minimum Gasteiger partial charge on any atom is -0.288 e. The lowest BCUT2D eigenvalue weighted by Gasteiger charge is -2.08. The van der Waals surface area contributed by atoms with Crippen LogP contribution >= 0.6 is 0 Å². The molecule has 3 nitrogen and oxygen atoms in total. The highest BCUT2D eigenvalue weighted by Gasteiger charge is 2.16. The van der Waals surface area contributed by atoms with Crippen LogP contribution in [0.25, 0.3) is 5.65 Å². The maximum Gasteiger partial charge on any atom is 0.143 e. The molecular formula is C15H23N3. The van der Waals surface area contributed by atoms with Crippen molar-refractivity contribution >= 4 is 5.65 Å². The summed E-state index contributed by atoms with van der Waals surface area (Å²) >= 11 is 0. The number of aromatic nitrogens is 3. The summed E-state index contributed by atoms with van der Waals surface area (Å²) in [6.45, 7) is 13.1. The van der Waals surface area contributed by atoms with E-state index in [2.05, 4.69) is 57.0 Å². The van der Waals surface area contributed by atoms with E-state index in [1.54, 1.807) is 0 Å². The van der Waals surface area contributed by atoms with Crippen LogP contribution in [0, 0.1) is 0 Å². The van der Waals surface area contributed by atoms with E-state index in [0.29, 0.717) is 17.8 Å². The van der Waals surface area contributed by atoms with E-state index in [4.69, 9.17) is 4.98 Å².